The number of aryl methyl sites for hydroxylation is 1. The van der Waals surface area contributed by atoms with Crippen molar-refractivity contribution in [2.75, 3.05) is 6.54 Å². The predicted octanol–water partition coefficient (Wildman–Crippen LogP) is 2.65. The van der Waals surface area contributed by atoms with Crippen molar-refractivity contribution in [3.8, 4) is 0 Å². The Morgan fingerprint density at radius 2 is 1.71 bits per heavy atom. The molecule has 0 atom stereocenters. The van der Waals surface area contributed by atoms with Crippen LogP contribution in [0.2, 0.25) is 0 Å². The lowest BCUT2D eigenvalue weighted by molar-refractivity contribution is 0.977. The predicted molar refractivity (Wildman–Crippen MR) is 61.4 cm³/mol. The van der Waals surface area contributed by atoms with E-state index in [2.05, 4.69) is 43.3 Å². The van der Waals surface area contributed by atoms with Gasteiger partial charge in [-0.1, -0.05) is 36.4 Å². The van der Waals surface area contributed by atoms with Crippen molar-refractivity contribution >= 4 is 10.8 Å². The molecule has 0 amide bonds. The third-order valence-corrected chi connectivity index (χ3v) is 2.64. The summed E-state index contributed by atoms with van der Waals surface area (Å²) in [6, 6.07) is 12.9. The van der Waals surface area contributed by atoms with Crippen molar-refractivity contribution in [1.29, 1.82) is 0 Å². The van der Waals surface area contributed by atoms with Crippen LogP contribution in [0.5, 0.6) is 0 Å². The second kappa shape index (κ2) is 3.81. The summed E-state index contributed by atoms with van der Waals surface area (Å²) >= 11 is 0. The van der Waals surface area contributed by atoms with Gasteiger partial charge in [-0.25, -0.2) is 0 Å². The van der Waals surface area contributed by atoms with Crippen LogP contribution in [-0.2, 0) is 6.42 Å². The number of rotatable bonds is 2. The van der Waals surface area contributed by atoms with E-state index in [1.165, 1.54) is 21.9 Å². The molecule has 72 valence electrons. The zero-order valence-electron chi connectivity index (χ0n) is 8.46. The molecule has 2 N–H and O–H groups in total. The first-order valence-electron chi connectivity index (χ1n) is 5.00. The van der Waals surface area contributed by atoms with Gasteiger partial charge in [-0.2, -0.15) is 0 Å². The van der Waals surface area contributed by atoms with Crippen LogP contribution in [0.4, 0.5) is 0 Å². The lowest BCUT2D eigenvalue weighted by atomic mass is 9.99. The van der Waals surface area contributed by atoms with E-state index in [1.54, 1.807) is 0 Å². The van der Waals surface area contributed by atoms with E-state index in [1.807, 2.05) is 0 Å². The maximum absolute atomic E-state index is 5.59. The first-order valence-corrected chi connectivity index (χ1v) is 5.00. The largest absolute Gasteiger partial charge is 0.330 e. The van der Waals surface area contributed by atoms with E-state index in [0.717, 1.165) is 6.42 Å². The monoisotopic (exact) mass is 185 g/mol. The van der Waals surface area contributed by atoms with Crippen LogP contribution in [0.25, 0.3) is 10.8 Å². The first kappa shape index (κ1) is 9.22. The number of nitrogens with two attached hydrogens (primary N) is 1. The third kappa shape index (κ3) is 1.51. The summed E-state index contributed by atoms with van der Waals surface area (Å²) in [6.45, 7) is 2.86. The summed E-state index contributed by atoms with van der Waals surface area (Å²) in [5.41, 5.74) is 8.28. The lowest BCUT2D eigenvalue weighted by Gasteiger charge is -2.06. The number of hydrogen-bond donors (Lipinski definition) is 1. The smallest absolute Gasteiger partial charge is 0.00365 e. The number of benzene rings is 2. The van der Waals surface area contributed by atoms with Crippen LogP contribution in [0, 0.1) is 6.92 Å². The van der Waals surface area contributed by atoms with Crippen molar-refractivity contribution in [2.24, 2.45) is 5.73 Å². The van der Waals surface area contributed by atoms with Crippen LogP contribution < -0.4 is 5.73 Å². The average molecular weight is 185 g/mol. The van der Waals surface area contributed by atoms with Crippen molar-refractivity contribution in [1.82, 2.24) is 0 Å². The van der Waals surface area contributed by atoms with Crippen LogP contribution in [-0.4, -0.2) is 6.54 Å². The lowest BCUT2D eigenvalue weighted by Crippen LogP contribution is -2.03. The molecule has 0 aliphatic rings. The zero-order valence-corrected chi connectivity index (χ0v) is 8.46. The topological polar surface area (TPSA) is 26.0 Å². The second-order valence-corrected chi connectivity index (χ2v) is 3.63. The number of hydrogen-bond acceptors (Lipinski definition) is 1. The summed E-state index contributed by atoms with van der Waals surface area (Å²) in [5.74, 6) is 0. The fraction of sp³-hybridized carbons (Fsp3) is 0.231. The Bertz CT molecular complexity index is 446. The van der Waals surface area contributed by atoms with Gasteiger partial charge in [0.2, 0.25) is 0 Å². The van der Waals surface area contributed by atoms with Gasteiger partial charge in [-0.05, 0) is 41.8 Å². The van der Waals surface area contributed by atoms with Gasteiger partial charge in [0.15, 0.2) is 0 Å². The highest BCUT2D eigenvalue weighted by Crippen LogP contribution is 2.21. The molecular weight excluding hydrogens is 170 g/mol. The molecule has 0 fully saturated rings. The minimum absolute atomic E-state index is 0.715. The quantitative estimate of drug-likeness (QED) is 0.764. The molecular formula is C13H15N. The third-order valence-electron chi connectivity index (χ3n) is 2.64. The highest BCUT2D eigenvalue weighted by Gasteiger charge is 2.00. The molecule has 0 aliphatic heterocycles. The van der Waals surface area contributed by atoms with E-state index in [0.29, 0.717) is 6.54 Å². The first-order chi connectivity index (χ1) is 6.83. The molecule has 0 radical (unpaired) electrons. The van der Waals surface area contributed by atoms with Gasteiger partial charge < -0.3 is 5.73 Å². The van der Waals surface area contributed by atoms with Crippen molar-refractivity contribution in [3.63, 3.8) is 0 Å². The van der Waals surface area contributed by atoms with Crippen LogP contribution in [0.15, 0.2) is 36.4 Å². The van der Waals surface area contributed by atoms with Crippen molar-refractivity contribution in [3.05, 3.63) is 47.5 Å². The molecule has 0 saturated carbocycles. The zero-order chi connectivity index (χ0) is 9.97. The van der Waals surface area contributed by atoms with Gasteiger partial charge in [0.25, 0.3) is 0 Å². The molecule has 2 aromatic carbocycles. The summed E-state index contributed by atoms with van der Waals surface area (Å²) < 4.78 is 0. The molecule has 14 heavy (non-hydrogen) atoms. The SMILES string of the molecule is Cc1cccc2c(CCN)cccc12. The molecule has 0 heterocycles. The highest BCUT2D eigenvalue weighted by atomic mass is 14.5. The molecule has 1 heteroatoms. The van der Waals surface area contributed by atoms with Gasteiger partial charge in [0, 0.05) is 0 Å². The Morgan fingerprint density at radius 3 is 2.50 bits per heavy atom. The van der Waals surface area contributed by atoms with Gasteiger partial charge >= 0.3 is 0 Å². The Hall–Kier alpha value is -1.34. The van der Waals surface area contributed by atoms with E-state index in [4.69, 9.17) is 5.73 Å². The van der Waals surface area contributed by atoms with Gasteiger partial charge in [0.1, 0.15) is 0 Å². The number of fused-ring (bicyclic) bond motifs is 1. The molecule has 0 aliphatic carbocycles. The molecule has 2 aromatic rings. The second-order valence-electron chi connectivity index (χ2n) is 3.63. The standard InChI is InChI=1S/C13H15N/c1-10-4-2-7-13-11(8-9-14)5-3-6-12(10)13/h2-7H,8-9,14H2,1H3. The summed E-state index contributed by atoms with van der Waals surface area (Å²) in [7, 11) is 0. The summed E-state index contributed by atoms with van der Waals surface area (Å²) in [6.07, 6.45) is 0.959. The molecule has 0 aromatic heterocycles. The van der Waals surface area contributed by atoms with Crippen molar-refractivity contribution in [2.45, 2.75) is 13.3 Å². The highest BCUT2D eigenvalue weighted by molar-refractivity contribution is 5.88. The minimum atomic E-state index is 0.715. The van der Waals surface area contributed by atoms with Crippen LogP contribution in [0.1, 0.15) is 11.1 Å². The van der Waals surface area contributed by atoms with E-state index >= 15 is 0 Å². The minimum Gasteiger partial charge on any atom is -0.330 e. The molecule has 1 nitrogen and oxygen atoms in total. The van der Waals surface area contributed by atoms with E-state index < -0.39 is 0 Å². The van der Waals surface area contributed by atoms with Gasteiger partial charge in [-0.3, -0.25) is 0 Å². The van der Waals surface area contributed by atoms with Gasteiger partial charge in [-0.15, -0.1) is 0 Å². The maximum atomic E-state index is 5.59. The Balaban J connectivity index is 2.68. The van der Waals surface area contributed by atoms with E-state index in [9.17, 15) is 0 Å². The van der Waals surface area contributed by atoms with Gasteiger partial charge in [0.05, 0.1) is 0 Å². The van der Waals surface area contributed by atoms with Crippen LogP contribution in [0.3, 0.4) is 0 Å². The van der Waals surface area contributed by atoms with Crippen LogP contribution >= 0.6 is 0 Å². The Kier molecular flexibility index (Phi) is 2.51. The van der Waals surface area contributed by atoms with E-state index in [-0.39, 0.29) is 0 Å². The summed E-state index contributed by atoms with van der Waals surface area (Å²) in [4.78, 5) is 0. The molecule has 0 saturated heterocycles. The summed E-state index contributed by atoms with van der Waals surface area (Å²) in [5, 5.41) is 2.69. The average Bonchev–Trinajstić information content (AvgIpc) is 2.20. The molecule has 2 rings (SSSR count). The molecule has 0 spiro atoms. The molecule has 0 unspecified atom stereocenters. The van der Waals surface area contributed by atoms with Crippen molar-refractivity contribution < 1.29 is 0 Å². The fourth-order valence-corrected chi connectivity index (χ4v) is 1.91. The normalized spacial score (nSPS) is 10.7. The fourth-order valence-electron chi connectivity index (χ4n) is 1.91. The Morgan fingerprint density at radius 1 is 1.00 bits per heavy atom. The molecule has 0 bridgehead atoms. The Labute approximate surface area is 84.5 Å². The maximum Gasteiger partial charge on any atom is -0.00365 e.